The number of nitrogens with zero attached hydrogens (tertiary/aromatic N) is 2. The molecule has 1 N–H and O–H groups in total. The molecule has 1 aromatic rings. The number of aromatic nitrogens is 2. The summed E-state index contributed by atoms with van der Waals surface area (Å²) in [6, 6.07) is 1.18. The number of esters is 1. The first-order valence-electron chi connectivity index (χ1n) is 5.49. The largest absolute Gasteiger partial charge is 0.467 e. The summed E-state index contributed by atoms with van der Waals surface area (Å²) in [6.07, 6.45) is 3.99. The van der Waals surface area contributed by atoms with Gasteiger partial charge in [-0.2, -0.15) is 0 Å². The molecule has 1 aromatic heterocycles. The van der Waals surface area contributed by atoms with Gasteiger partial charge >= 0.3 is 5.97 Å². The molecule has 94 valence electrons. The fraction of sp³-hybridized carbons (Fsp3) is 0.545. The zero-order chi connectivity index (χ0) is 12.7. The second-order valence-corrected chi connectivity index (χ2v) is 3.98. The van der Waals surface area contributed by atoms with Crippen molar-refractivity contribution in [2.75, 3.05) is 12.4 Å². The molecule has 5 nitrogen and oxygen atoms in total. The van der Waals surface area contributed by atoms with Crippen LogP contribution in [0.3, 0.4) is 0 Å². The molecular weight excluding hydrogens is 242 g/mol. The Balaban J connectivity index is 2.68. The van der Waals surface area contributed by atoms with Gasteiger partial charge in [0.15, 0.2) is 0 Å². The highest BCUT2D eigenvalue weighted by molar-refractivity contribution is 6.29. The van der Waals surface area contributed by atoms with Gasteiger partial charge in [0, 0.05) is 6.07 Å². The number of nitrogens with one attached hydrogen (secondary N) is 1. The number of anilines is 1. The maximum Gasteiger partial charge on any atom is 0.328 e. The summed E-state index contributed by atoms with van der Waals surface area (Å²) in [5, 5.41) is 3.33. The molecule has 0 fully saturated rings. The van der Waals surface area contributed by atoms with Gasteiger partial charge < -0.3 is 10.1 Å². The van der Waals surface area contributed by atoms with E-state index < -0.39 is 6.04 Å². The molecule has 0 aliphatic rings. The van der Waals surface area contributed by atoms with Crippen LogP contribution in [0.5, 0.6) is 0 Å². The van der Waals surface area contributed by atoms with Crippen molar-refractivity contribution < 1.29 is 9.53 Å². The first-order chi connectivity index (χ1) is 8.17. The summed E-state index contributed by atoms with van der Waals surface area (Å²) < 4.78 is 4.73. The molecule has 0 spiro atoms. The predicted molar refractivity (Wildman–Crippen MR) is 66.0 cm³/mol. The number of halogens is 1. The summed E-state index contributed by atoms with van der Waals surface area (Å²) in [5.74, 6) is 0.227. The third kappa shape index (κ3) is 4.56. The SMILES string of the molecule is CCCC[C@@H](Nc1cc(Cl)ncn1)C(=O)OC. The minimum absolute atomic E-state index is 0.298. The molecule has 17 heavy (non-hydrogen) atoms. The second kappa shape index (κ2) is 7.06. The van der Waals surface area contributed by atoms with Crippen LogP contribution in [0.2, 0.25) is 5.15 Å². The lowest BCUT2D eigenvalue weighted by molar-refractivity contribution is -0.141. The third-order valence-electron chi connectivity index (χ3n) is 2.29. The summed E-state index contributed by atoms with van der Waals surface area (Å²) >= 11 is 5.74. The van der Waals surface area contributed by atoms with Crippen molar-refractivity contribution in [2.45, 2.75) is 32.2 Å². The van der Waals surface area contributed by atoms with E-state index in [1.54, 1.807) is 6.07 Å². The van der Waals surface area contributed by atoms with Gasteiger partial charge in [-0.25, -0.2) is 14.8 Å². The molecule has 0 bridgehead atoms. The standard InChI is InChI=1S/C11H16ClN3O2/c1-3-4-5-8(11(16)17-2)15-10-6-9(12)13-7-14-10/h6-8H,3-5H2,1-2H3,(H,13,14,15)/t8-/m1/s1. The molecule has 0 aliphatic heterocycles. The lowest BCUT2D eigenvalue weighted by Crippen LogP contribution is -2.31. The van der Waals surface area contributed by atoms with E-state index in [4.69, 9.17) is 16.3 Å². The van der Waals surface area contributed by atoms with Crippen molar-refractivity contribution in [3.8, 4) is 0 Å². The number of carbonyl (C=O) groups excluding carboxylic acids is 1. The van der Waals surface area contributed by atoms with Crippen LogP contribution in [-0.2, 0) is 9.53 Å². The van der Waals surface area contributed by atoms with Gasteiger partial charge in [-0.3, -0.25) is 0 Å². The van der Waals surface area contributed by atoms with Crippen LogP contribution in [0, 0.1) is 0 Å². The Labute approximate surface area is 106 Å². The van der Waals surface area contributed by atoms with Crippen molar-refractivity contribution in [3.05, 3.63) is 17.5 Å². The minimum atomic E-state index is -0.397. The number of rotatable bonds is 6. The Bertz CT molecular complexity index is 373. The molecule has 0 aromatic carbocycles. The molecule has 1 heterocycles. The molecule has 1 rings (SSSR count). The molecule has 0 radical (unpaired) electrons. The van der Waals surface area contributed by atoms with Crippen molar-refractivity contribution in [2.24, 2.45) is 0 Å². The van der Waals surface area contributed by atoms with Gasteiger partial charge in [0.25, 0.3) is 0 Å². The van der Waals surface area contributed by atoms with Crippen molar-refractivity contribution in [1.82, 2.24) is 9.97 Å². The van der Waals surface area contributed by atoms with Gasteiger partial charge in [0.05, 0.1) is 7.11 Å². The van der Waals surface area contributed by atoms with E-state index in [1.807, 2.05) is 0 Å². The Hall–Kier alpha value is -1.36. The van der Waals surface area contributed by atoms with E-state index in [2.05, 4.69) is 22.2 Å². The molecule has 0 aliphatic carbocycles. The minimum Gasteiger partial charge on any atom is -0.467 e. The van der Waals surface area contributed by atoms with Crippen LogP contribution in [0.4, 0.5) is 5.82 Å². The molecule has 6 heteroatoms. The highest BCUT2D eigenvalue weighted by Crippen LogP contribution is 2.13. The Morgan fingerprint density at radius 2 is 2.35 bits per heavy atom. The number of ether oxygens (including phenoxy) is 1. The van der Waals surface area contributed by atoms with E-state index in [0.717, 1.165) is 12.8 Å². The topological polar surface area (TPSA) is 64.1 Å². The van der Waals surface area contributed by atoms with E-state index in [1.165, 1.54) is 13.4 Å². The fourth-order valence-electron chi connectivity index (χ4n) is 1.39. The van der Waals surface area contributed by atoms with Gasteiger partial charge in [0.2, 0.25) is 0 Å². The average Bonchev–Trinajstić information content (AvgIpc) is 2.33. The van der Waals surface area contributed by atoms with E-state index >= 15 is 0 Å². The zero-order valence-electron chi connectivity index (χ0n) is 9.94. The molecule has 0 saturated carbocycles. The van der Waals surface area contributed by atoms with Crippen LogP contribution in [0.15, 0.2) is 12.4 Å². The van der Waals surface area contributed by atoms with Crippen LogP contribution < -0.4 is 5.32 Å². The van der Waals surface area contributed by atoms with E-state index in [-0.39, 0.29) is 5.97 Å². The number of hydrogen-bond acceptors (Lipinski definition) is 5. The van der Waals surface area contributed by atoms with Crippen LogP contribution in [0.25, 0.3) is 0 Å². The second-order valence-electron chi connectivity index (χ2n) is 3.59. The number of methoxy groups -OCH3 is 1. The van der Waals surface area contributed by atoms with Crippen LogP contribution >= 0.6 is 11.6 Å². The van der Waals surface area contributed by atoms with Gasteiger partial charge in [0.1, 0.15) is 23.3 Å². The molecule has 0 amide bonds. The third-order valence-corrected chi connectivity index (χ3v) is 2.49. The Morgan fingerprint density at radius 3 is 2.94 bits per heavy atom. The fourth-order valence-corrected chi connectivity index (χ4v) is 1.54. The predicted octanol–water partition coefficient (Wildman–Crippen LogP) is 2.27. The lowest BCUT2D eigenvalue weighted by atomic mass is 10.1. The Morgan fingerprint density at radius 1 is 1.59 bits per heavy atom. The number of unbranched alkanes of at least 4 members (excludes halogenated alkanes) is 1. The number of hydrogen-bond donors (Lipinski definition) is 1. The highest BCUT2D eigenvalue weighted by atomic mass is 35.5. The zero-order valence-corrected chi connectivity index (χ0v) is 10.7. The average molecular weight is 258 g/mol. The first kappa shape index (κ1) is 13.7. The van der Waals surface area contributed by atoms with E-state index in [9.17, 15) is 4.79 Å². The lowest BCUT2D eigenvalue weighted by Gasteiger charge is -2.16. The molecule has 0 saturated heterocycles. The first-order valence-corrected chi connectivity index (χ1v) is 5.87. The Kier molecular flexibility index (Phi) is 5.69. The van der Waals surface area contributed by atoms with Gasteiger partial charge in [-0.05, 0) is 6.42 Å². The summed E-state index contributed by atoms with van der Waals surface area (Å²) in [5.41, 5.74) is 0. The van der Waals surface area contributed by atoms with Crippen molar-refractivity contribution >= 4 is 23.4 Å². The van der Waals surface area contributed by atoms with Crippen molar-refractivity contribution in [3.63, 3.8) is 0 Å². The maximum absolute atomic E-state index is 11.5. The molecular formula is C11H16ClN3O2. The van der Waals surface area contributed by atoms with Crippen LogP contribution in [0.1, 0.15) is 26.2 Å². The maximum atomic E-state index is 11.5. The van der Waals surface area contributed by atoms with Crippen LogP contribution in [-0.4, -0.2) is 29.1 Å². The summed E-state index contributed by atoms with van der Waals surface area (Å²) in [6.45, 7) is 2.07. The normalized spacial score (nSPS) is 11.9. The van der Waals surface area contributed by atoms with Gasteiger partial charge in [-0.1, -0.05) is 31.4 Å². The molecule has 1 atom stereocenters. The summed E-state index contributed by atoms with van der Waals surface area (Å²) in [7, 11) is 1.37. The van der Waals surface area contributed by atoms with Crippen molar-refractivity contribution in [1.29, 1.82) is 0 Å². The van der Waals surface area contributed by atoms with Gasteiger partial charge in [-0.15, -0.1) is 0 Å². The monoisotopic (exact) mass is 257 g/mol. The quantitative estimate of drug-likeness (QED) is 0.626. The number of carbonyl (C=O) groups is 1. The van der Waals surface area contributed by atoms with E-state index in [0.29, 0.717) is 17.4 Å². The smallest absolute Gasteiger partial charge is 0.328 e. The summed E-state index contributed by atoms with van der Waals surface area (Å²) in [4.78, 5) is 19.3. The highest BCUT2D eigenvalue weighted by Gasteiger charge is 2.18. The molecule has 0 unspecified atom stereocenters.